The predicted molar refractivity (Wildman–Crippen MR) is 83.2 cm³/mol. The van der Waals surface area contributed by atoms with Crippen molar-refractivity contribution in [3.63, 3.8) is 0 Å². The molecule has 1 aromatic heterocycles. The summed E-state index contributed by atoms with van der Waals surface area (Å²) in [5.74, 6) is 0. The van der Waals surface area contributed by atoms with E-state index < -0.39 is 20.0 Å². The summed E-state index contributed by atoms with van der Waals surface area (Å²) in [5, 5.41) is 5.63. The quantitative estimate of drug-likeness (QED) is 0.792. The SMILES string of the molecule is Cc1ncc(S(=O)(=O)Nc2ccc(S(N)(=O)=O)cc2Br)s1. The van der Waals surface area contributed by atoms with Crippen molar-refractivity contribution in [3.8, 4) is 0 Å². The summed E-state index contributed by atoms with van der Waals surface area (Å²) in [6.45, 7) is 1.69. The second-order valence-electron chi connectivity index (χ2n) is 3.99. The highest BCUT2D eigenvalue weighted by atomic mass is 79.9. The Morgan fingerprint density at radius 3 is 2.43 bits per heavy atom. The first kappa shape index (κ1) is 16.4. The lowest BCUT2D eigenvalue weighted by molar-refractivity contribution is 0.597. The number of benzene rings is 1. The average Bonchev–Trinajstić information content (AvgIpc) is 2.78. The van der Waals surface area contributed by atoms with Crippen LogP contribution in [0.3, 0.4) is 0 Å². The molecule has 2 aromatic rings. The third-order valence-corrected chi connectivity index (χ3v) is 6.68. The molecule has 0 radical (unpaired) electrons. The lowest BCUT2D eigenvalue weighted by Crippen LogP contribution is -2.14. The maximum Gasteiger partial charge on any atom is 0.273 e. The maximum atomic E-state index is 12.1. The minimum atomic E-state index is -3.85. The second-order valence-corrected chi connectivity index (χ2v) is 9.55. The van der Waals surface area contributed by atoms with Crippen molar-refractivity contribution < 1.29 is 16.8 Å². The minimum Gasteiger partial charge on any atom is -0.278 e. The molecule has 21 heavy (non-hydrogen) atoms. The topological polar surface area (TPSA) is 119 Å². The zero-order chi connectivity index (χ0) is 15.8. The first-order valence-corrected chi connectivity index (χ1v) is 10.0. The van der Waals surface area contributed by atoms with E-state index in [1.165, 1.54) is 24.4 Å². The van der Waals surface area contributed by atoms with E-state index in [4.69, 9.17) is 5.14 Å². The van der Waals surface area contributed by atoms with Gasteiger partial charge < -0.3 is 0 Å². The third-order valence-electron chi connectivity index (χ3n) is 2.38. The number of halogens is 1. The number of thiazole rings is 1. The smallest absolute Gasteiger partial charge is 0.273 e. The van der Waals surface area contributed by atoms with Gasteiger partial charge in [0.25, 0.3) is 10.0 Å². The van der Waals surface area contributed by atoms with Gasteiger partial charge in [-0.05, 0) is 41.1 Å². The lowest BCUT2D eigenvalue weighted by atomic mass is 10.3. The second kappa shape index (κ2) is 5.65. The minimum absolute atomic E-state index is 0.0717. The highest BCUT2D eigenvalue weighted by Crippen LogP contribution is 2.28. The van der Waals surface area contributed by atoms with Crippen LogP contribution >= 0.6 is 27.3 Å². The summed E-state index contributed by atoms with van der Waals surface area (Å²) in [6.07, 6.45) is 1.26. The summed E-state index contributed by atoms with van der Waals surface area (Å²) in [6, 6.07) is 3.76. The molecule has 1 aromatic carbocycles. The molecule has 0 fully saturated rings. The fourth-order valence-electron chi connectivity index (χ4n) is 1.42. The standard InChI is InChI=1S/C10H10BrN3O4S3/c1-6-13-5-10(19-6)21(17,18)14-9-3-2-7(4-8(9)11)20(12,15)16/h2-5,14H,1H3,(H2,12,15,16). The number of nitrogens with two attached hydrogens (primary N) is 1. The molecule has 2 rings (SSSR count). The van der Waals surface area contributed by atoms with Crippen LogP contribution in [0.15, 0.2) is 38.0 Å². The number of primary sulfonamides is 1. The number of anilines is 1. The molecule has 1 heterocycles. The van der Waals surface area contributed by atoms with Crippen LogP contribution in [0.25, 0.3) is 0 Å². The van der Waals surface area contributed by atoms with Gasteiger partial charge in [-0.2, -0.15) is 0 Å². The van der Waals surface area contributed by atoms with Crippen LogP contribution < -0.4 is 9.86 Å². The van der Waals surface area contributed by atoms with Gasteiger partial charge in [-0.15, -0.1) is 11.3 Å². The molecule has 0 aliphatic rings. The van der Waals surface area contributed by atoms with Crippen LogP contribution in [-0.2, 0) is 20.0 Å². The normalized spacial score (nSPS) is 12.3. The maximum absolute atomic E-state index is 12.1. The van der Waals surface area contributed by atoms with Crippen molar-refractivity contribution >= 4 is 53.0 Å². The van der Waals surface area contributed by atoms with Crippen molar-refractivity contribution in [1.82, 2.24) is 4.98 Å². The van der Waals surface area contributed by atoms with Crippen LogP contribution in [0.2, 0.25) is 0 Å². The molecule has 0 aliphatic carbocycles. The van der Waals surface area contributed by atoms with Gasteiger partial charge >= 0.3 is 0 Å². The Hall–Kier alpha value is -1.01. The number of hydrogen-bond acceptors (Lipinski definition) is 6. The molecule has 0 bridgehead atoms. The van der Waals surface area contributed by atoms with E-state index in [1.807, 2.05) is 0 Å². The number of rotatable bonds is 4. The van der Waals surface area contributed by atoms with Gasteiger partial charge in [0.2, 0.25) is 10.0 Å². The number of nitrogens with one attached hydrogen (secondary N) is 1. The lowest BCUT2D eigenvalue weighted by Gasteiger charge is -2.09. The van der Waals surface area contributed by atoms with Gasteiger partial charge in [0.15, 0.2) is 4.21 Å². The molecule has 0 amide bonds. The number of aromatic nitrogens is 1. The first-order chi connectivity index (χ1) is 9.59. The molecule has 3 N–H and O–H groups in total. The van der Waals surface area contributed by atoms with Crippen LogP contribution in [-0.4, -0.2) is 21.8 Å². The number of nitrogens with zero attached hydrogens (tertiary/aromatic N) is 1. The molecule has 0 unspecified atom stereocenters. The summed E-state index contributed by atoms with van der Waals surface area (Å²) >= 11 is 4.15. The van der Waals surface area contributed by atoms with Gasteiger partial charge in [-0.1, -0.05) is 0 Å². The van der Waals surface area contributed by atoms with Crippen LogP contribution in [0.5, 0.6) is 0 Å². The van der Waals surface area contributed by atoms with Crippen molar-refractivity contribution in [2.45, 2.75) is 16.0 Å². The van der Waals surface area contributed by atoms with Crippen molar-refractivity contribution in [2.75, 3.05) is 4.72 Å². The third kappa shape index (κ3) is 3.80. The number of hydrogen-bond donors (Lipinski definition) is 2. The van der Waals surface area contributed by atoms with Crippen LogP contribution in [0.4, 0.5) is 5.69 Å². The fourth-order valence-corrected chi connectivity index (χ4v) is 4.90. The Kier molecular flexibility index (Phi) is 4.40. The van der Waals surface area contributed by atoms with Crippen LogP contribution in [0.1, 0.15) is 5.01 Å². The Morgan fingerprint density at radius 2 is 1.95 bits per heavy atom. The van der Waals surface area contributed by atoms with Crippen molar-refractivity contribution in [1.29, 1.82) is 0 Å². The molecule has 0 saturated heterocycles. The van der Waals surface area contributed by atoms with Gasteiger partial charge in [0.1, 0.15) is 0 Å². The van der Waals surface area contributed by atoms with E-state index in [0.29, 0.717) is 5.01 Å². The molecule has 7 nitrogen and oxygen atoms in total. The zero-order valence-electron chi connectivity index (χ0n) is 10.6. The van der Waals surface area contributed by atoms with Crippen molar-refractivity contribution in [3.05, 3.63) is 33.9 Å². The molecule has 0 atom stereocenters. The zero-order valence-corrected chi connectivity index (χ0v) is 14.6. The van der Waals surface area contributed by atoms with Gasteiger partial charge in [0.05, 0.1) is 21.8 Å². The molecular formula is C10H10BrN3O4S3. The number of sulfonamides is 2. The summed E-state index contributed by atoms with van der Waals surface area (Å²) in [5.41, 5.74) is 0.202. The van der Waals surface area contributed by atoms with E-state index >= 15 is 0 Å². The monoisotopic (exact) mass is 411 g/mol. The van der Waals surface area contributed by atoms with E-state index in [-0.39, 0.29) is 19.3 Å². The fraction of sp³-hybridized carbons (Fsp3) is 0.100. The molecule has 114 valence electrons. The summed E-state index contributed by atoms with van der Waals surface area (Å²) in [7, 11) is -7.62. The molecular weight excluding hydrogens is 402 g/mol. The first-order valence-electron chi connectivity index (χ1n) is 5.37. The van der Waals surface area contributed by atoms with E-state index in [1.54, 1.807) is 6.92 Å². The number of aryl methyl sites for hydroxylation is 1. The Labute approximate surface area is 134 Å². The van der Waals surface area contributed by atoms with E-state index in [2.05, 4.69) is 25.6 Å². The molecule has 0 spiro atoms. The van der Waals surface area contributed by atoms with E-state index in [9.17, 15) is 16.8 Å². The van der Waals surface area contributed by atoms with Gasteiger partial charge in [-0.25, -0.2) is 27.0 Å². The molecule has 11 heteroatoms. The van der Waals surface area contributed by atoms with Gasteiger partial charge in [0, 0.05) is 4.47 Å². The van der Waals surface area contributed by atoms with Crippen LogP contribution in [0, 0.1) is 6.92 Å². The summed E-state index contributed by atoms with van der Waals surface area (Å²) in [4.78, 5) is 3.77. The predicted octanol–water partition coefficient (Wildman–Crippen LogP) is 1.66. The Morgan fingerprint density at radius 1 is 1.29 bits per heavy atom. The average molecular weight is 412 g/mol. The summed E-state index contributed by atoms with van der Waals surface area (Å²) < 4.78 is 49.4. The Balaban J connectivity index is 2.36. The Bertz CT molecular complexity index is 890. The van der Waals surface area contributed by atoms with Crippen molar-refractivity contribution in [2.24, 2.45) is 5.14 Å². The van der Waals surface area contributed by atoms with E-state index in [0.717, 1.165) is 11.3 Å². The highest BCUT2D eigenvalue weighted by Gasteiger charge is 2.19. The largest absolute Gasteiger partial charge is 0.278 e. The van der Waals surface area contributed by atoms with Gasteiger partial charge in [-0.3, -0.25) is 4.72 Å². The highest BCUT2D eigenvalue weighted by molar-refractivity contribution is 9.10. The molecule has 0 saturated carbocycles. The molecule has 0 aliphatic heterocycles.